The van der Waals surface area contributed by atoms with E-state index in [0.717, 1.165) is 16.5 Å². The van der Waals surface area contributed by atoms with E-state index in [-0.39, 0.29) is 6.54 Å². The van der Waals surface area contributed by atoms with E-state index < -0.39 is 17.8 Å². The van der Waals surface area contributed by atoms with E-state index in [9.17, 15) is 9.90 Å². The van der Waals surface area contributed by atoms with E-state index in [1.54, 1.807) is 12.4 Å². The normalized spacial score (nSPS) is 18.2. The van der Waals surface area contributed by atoms with E-state index in [2.05, 4.69) is 9.97 Å². The SMILES string of the molecule is CC(C)(C)OC(=O)N1Cc2nc3cnccc3cc2C(O)C1. The van der Waals surface area contributed by atoms with Crippen molar-refractivity contribution in [2.75, 3.05) is 6.54 Å². The molecule has 116 valence electrons. The Labute approximate surface area is 128 Å². The lowest BCUT2D eigenvalue weighted by atomic mass is 10.0. The van der Waals surface area contributed by atoms with Gasteiger partial charge in [0.05, 0.1) is 36.6 Å². The first-order valence-electron chi connectivity index (χ1n) is 7.23. The molecule has 1 atom stereocenters. The molecule has 0 fully saturated rings. The molecule has 6 heteroatoms. The topological polar surface area (TPSA) is 75.5 Å². The molecule has 22 heavy (non-hydrogen) atoms. The zero-order valence-corrected chi connectivity index (χ0v) is 12.9. The number of fused-ring (bicyclic) bond motifs is 2. The minimum atomic E-state index is -0.763. The van der Waals surface area contributed by atoms with Crippen LogP contribution < -0.4 is 0 Å². The minimum Gasteiger partial charge on any atom is -0.444 e. The Balaban J connectivity index is 1.91. The quantitative estimate of drug-likeness (QED) is 0.808. The monoisotopic (exact) mass is 301 g/mol. The number of carbonyl (C=O) groups excluding carboxylic acids is 1. The van der Waals surface area contributed by atoms with Gasteiger partial charge in [0, 0.05) is 17.1 Å². The smallest absolute Gasteiger partial charge is 0.410 e. The average Bonchev–Trinajstić information content (AvgIpc) is 2.43. The van der Waals surface area contributed by atoms with Gasteiger partial charge in [0.2, 0.25) is 0 Å². The van der Waals surface area contributed by atoms with Crippen LogP contribution in [0.4, 0.5) is 4.79 Å². The summed E-state index contributed by atoms with van der Waals surface area (Å²) in [6, 6.07) is 3.77. The number of hydrogen-bond donors (Lipinski definition) is 1. The molecular formula is C16H19N3O3. The van der Waals surface area contributed by atoms with Gasteiger partial charge in [-0.2, -0.15) is 0 Å². The fraction of sp³-hybridized carbons (Fsp3) is 0.438. The first kappa shape index (κ1) is 14.7. The number of aromatic nitrogens is 2. The second-order valence-corrected chi connectivity index (χ2v) is 6.47. The summed E-state index contributed by atoms with van der Waals surface area (Å²) in [7, 11) is 0. The molecule has 0 radical (unpaired) electrons. The van der Waals surface area contributed by atoms with Crippen LogP contribution in [0, 0.1) is 0 Å². The van der Waals surface area contributed by atoms with Gasteiger partial charge in [-0.25, -0.2) is 9.78 Å². The molecule has 1 aliphatic heterocycles. The molecule has 1 amide bonds. The Kier molecular flexibility index (Phi) is 3.48. The van der Waals surface area contributed by atoms with Gasteiger partial charge < -0.3 is 9.84 Å². The van der Waals surface area contributed by atoms with Gasteiger partial charge >= 0.3 is 6.09 Å². The van der Waals surface area contributed by atoms with Crippen molar-refractivity contribution in [3.05, 3.63) is 35.8 Å². The third-order valence-corrected chi connectivity index (χ3v) is 3.48. The fourth-order valence-corrected chi connectivity index (χ4v) is 2.51. The van der Waals surface area contributed by atoms with Crippen LogP contribution in [-0.4, -0.2) is 38.2 Å². The minimum absolute atomic E-state index is 0.209. The molecule has 0 bridgehead atoms. The van der Waals surface area contributed by atoms with Crippen LogP contribution in [0.5, 0.6) is 0 Å². The van der Waals surface area contributed by atoms with Gasteiger partial charge in [-0.1, -0.05) is 0 Å². The van der Waals surface area contributed by atoms with Crippen LogP contribution in [0.15, 0.2) is 24.5 Å². The summed E-state index contributed by atoms with van der Waals surface area (Å²) in [6.07, 6.45) is 2.17. The molecule has 0 aromatic carbocycles. The predicted octanol–water partition coefficient (Wildman–Crippen LogP) is 2.41. The van der Waals surface area contributed by atoms with Gasteiger partial charge in [-0.15, -0.1) is 0 Å². The van der Waals surface area contributed by atoms with E-state index in [4.69, 9.17) is 4.74 Å². The predicted molar refractivity (Wildman–Crippen MR) is 81.1 cm³/mol. The van der Waals surface area contributed by atoms with Crippen LogP contribution in [0.2, 0.25) is 0 Å². The second kappa shape index (κ2) is 5.21. The summed E-state index contributed by atoms with van der Waals surface area (Å²) in [5, 5.41) is 11.3. The zero-order chi connectivity index (χ0) is 15.9. The zero-order valence-electron chi connectivity index (χ0n) is 12.9. The standard InChI is InChI=1S/C16H19N3O3/c1-16(2,3)22-15(21)19-8-13-11(14(20)9-19)6-10-4-5-17-7-12(10)18-13/h4-7,14,20H,8-9H2,1-3H3. The van der Waals surface area contributed by atoms with Crippen molar-refractivity contribution in [3.63, 3.8) is 0 Å². The third kappa shape index (κ3) is 2.87. The van der Waals surface area contributed by atoms with Crippen molar-refractivity contribution in [1.29, 1.82) is 0 Å². The summed E-state index contributed by atoms with van der Waals surface area (Å²) >= 11 is 0. The van der Waals surface area contributed by atoms with Crippen LogP contribution >= 0.6 is 0 Å². The Morgan fingerprint density at radius 3 is 2.95 bits per heavy atom. The van der Waals surface area contributed by atoms with E-state index >= 15 is 0 Å². The first-order chi connectivity index (χ1) is 10.3. The third-order valence-electron chi connectivity index (χ3n) is 3.48. The average molecular weight is 301 g/mol. The van der Waals surface area contributed by atoms with Crippen LogP contribution in [0.25, 0.3) is 10.9 Å². The summed E-state index contributed by atoms with van der Waals surface area (Å²) < 4.78 is 5.36. The summed E-state index contributed by atoms with van der Waals surface area (Å²) in [6.45, 7) is 5.98. The summed E-state index contributed by atoms with van der Waals surface area (Å²) in [5.74, 6) is 0. The number of carbonyl (C=O) groups is 1. The van der Waals surface area contributed by atoms with Gasteiger partial charge in [-0.3, -0.25) is 9.88 Å². The largest absolute Gasteiger partial charge is 0.444 e. The number of amides is 1. The molecule has 0 saturated carbocycles. The number of pyridine rings is 2. The number of ether oxygens (including phenoxy) is 1. The van der Waals surface area contributed by atoms with Gasteiger partial charge in [0.25, 0.3) is 0 Å². The number of aliphatic hydroxyl groups excluding tert-OH is 1. The second-order valence-electron chi connectivity index (χ2n) is 6.47. The molecule has 0 aliphatic carbocycles. The molecule has 6 nitrogen and oxygen atoms in total. The lowest BCUT2D eigenvalue weighted by molar-refractivity contribution is 0.00779. The molecule has 3 heterocycles. The molecule has 3 rings (SSSR count). The Hall–Kier alpha value is -2.21. The van der Waals surface area contributed by atoms with Crippen molar-refractivity contribution >= 4 is 17.0 Å². The van der Waals surface area contributed by atoms with Crippen molar-refractivity contribution < 1.29 is 14.6 Å². The molecule has 2 aromatic rings. The highest BCUT2D eigenvalue weighted by molar-refractivity contribution is 5.79. The lowest BCUT2D eigenvalue weighted by Crippen LogP contribution is -2.41. The molecular weight excluding hydrogens is 282 g/mol. The number of β-amino-alcohol motifs (C(OH)–C–C–N with tert-alkyl or cyclic N) is 1. The van der Waals surface area contributed by atoms with Crippen molar-refractivity contribution in [2.24, 2.45) is 0 Å². The Morgan fingerprint density at radius 1 is 1.45 bits per heavy atom. The molecule has 0 saturated heterocycles. The molecule has 1 unspecified atom stereocenters. The lowest BCUT2D eigenvalue weighted by Gasteiger charge is -2.33. The first-order valence-corrected chi connectivity index (χ1v) is 7.23. The number of rotatable bonds is 0. The summed E-state index contributed by atoms with van der Waals surface area (Å²) in [5.41, 5.74) is 1.63. The van der Waals surface area contributed by atoms with Gasteiger partial charge in [0.1, 0.15) is 5.60 Å². The molecule has 1 N–H and O–H groups in total. The highest BCUT2D eigenvalue weighted by Crippen LogP contribution is 2.29. The van der Waals surface area contributed by atoms with E-state index in [1.807, 2.05) is 32.9 Å². The Bertz CT molecular complexity index is 724. The highest BCUT2D eigenvalue weighted by Gasteiger charge is 2.31. The molecule has 1 aliphatic rings. The maximum atomic E-state index is 12.2. The maximum absolute atomic E-state index is 12.2. The van der Waals surface area contributed by atoms with Crippen molar-refractivity contribution in [1.82, 2.24) is 14.9 Å². The van der Waals surface area contributed by atoms with Crippen LogP contribution in [0.3, 0.4) is 0 Å². The molecule has 0 spiro atoms. The van der Waals surface area contributed by atoms with Crippen LogP contribution in [-0.2, 0) is 11.3 Å². The van der Waals surface area contributed by atoms with E-state index in [1.165, 1.54) is 4.90 Å². The Morgan fingerprint density at radius 2 is 2.23 bits per heavy atom. The number of aliphatic hydroxyl groups is 1. The fourth-order valence-electron chi connectivity index (χ4n) is 2.51. The number of nitrogens with zero attached hydrogens (tertiary/aromatic N) is 3. The van der Waals surface area contributed by atoms with Crippen molar-refractivity contribution in [3.8, 4) is 0 Å². The van der Waals surface area contributed by atoms with E-state index in [0.29, 0.717) is 12.2 Å². The maximum Gasteiger partial charge on any atom is 0.410 e. The van der Waals surface area contributed by atoms with Gasteiger partial charge in [-0.05, 0) is 32.9 Å². The number of hydrogen-bond acceptors (Lipinski definition) is 5. The van der Waals surface area contributed by atoms with Gasteiger partial charge in [0.15, 0.2) is 0 Å². The highest BCUT2D eigenvalue weighted by atomic mass is 16.6. The summed E-state index contributed by atoms with van der Waals surface area (Å²) in [4.78, 5) is 22.2. The van der Waals surface area contributed by atoms with Crippen LogP contribution in [0.1, 0.15) is 38.1 Å². The molecule has 2 aromatic heterocycles. The van der Waals surface area contributed by atoms with Crippen molar-refractivity contribution in [2.45, 2.75) is 39.0 Å².